The second-order valence-corrected chi connectivity index (χ2v) is 4.33. The summed E-state index contributed by atoms with van der Waals surface area (Å²) in [6, 6.07) is 0. The summed E-state index contributed by atoms with van der Waals surface area (Å²) in [7, 11) is 0. The van der Waals surface area contributed by atoms with Crippen molar-refractivity contribution in [3.05, 3.63) is 0 Å². The summed E-state index contributed by atoms with van der Waals surface area (Å²) in [4.78, 5) is 32.9. The van der Waals surface area contributed by atoms with Gasteiger partial charge in [0.2, 0.25) is 0 Å². The van der Waals surface area contributed by atoms with Crippen molar-refractivity contribution in [2.45, 2.75) is 52.1 Å². The molecule has 4 atom stereocenters. The Hall–Kier alpha value is -1.63. The maximum absolute atomic E-state index is 11.1. The predicted octanol–water partition coefficient (Wildman–Crippen LogP) is 0.200. The molecule has 0 aromatic heterocycles. The SMILES string of the molecule is CC(=O)OCC1OC(C)[C@H](OC(C)=O)[C@@H]1OC(C)=O. The Bertz CT molecular complexity index is 365. The zero-order chi connectivity index (χ0) is 14.6. The number of rotatable bonds is 4. The van der Waals surface area contributed by atoms with Crippen LogP contribution in [0, 0.1) is 0 Å². The third-order valence-electron chi connectivity index (χ3n) is 2.60. The number of hydrogen-bond acceptors (Lipinski definition) is 7. The van der Waals surface area contributed by atoms with Crippen LogP contribution >= 0.6 is 0 Å². The highest BCUT2D eigenvalue weighted by Crippen LogP contribution is 2.27. The van der Waals surface area contributed by atoms with Crippen molar-refractivity contribution in [1.82, 2.24) is 0 Å². The molecule has 0 N–H and O–H groups in total. The van der Waals surface area contributed by atoms with Crippen molar-refractivity contribution < 1.29 is 33.3 Å². The van der Waals surface area contributed by atoms with E-state index in [0.29, 0.717) is 0 Å². The van der Waals surface area contributed by atoms with Crippen LogP contribution in [0.3, 0.4) is 0 Å². The van der Waals surface area contributed by atoms with Crippen molar-refractivity contribution in [3.63, 3.8) is 0 Å². The minimum atomic E-state index is -0.782. The normalized spacial score (nSPS) is 29.7. The first-order valence-corrected chi connectivity index (χ1v) is 5.94. The smallest absolute Gasteiger partial charge is 0.303 e. The quantitative estimate of drug-likeness (QED) is 0.534. The maximum atomic E-state index is 11.1. The van der Waals surface area contributed by atoms with Gasteiger partial charge >= 0.3 is 17.9 Å². The molecule has 1 aliphatic rings. The first-order valence-electron chi connectivity index (χ1n) is 5.94. The molecule has 0 amide bonds. The predicted molar refractivity (Wildman–Crippen MR) is 62.1 cm³/mol. The topological polar surface area (TPSA) is 88.1 Å². The zero-order valence-electron chi connectivity index (χ0n) is 11.4. The maximum Gasteiger partial charge on any atom is 0.303 e. The molecule has 0 bridgehead atoms. The molecule has 108 valence electrons. The fourth-order valence-electron chi connectivity index (χ4n) is 1.93. The molecule has 7 heteroatoms. The minimum Gasteiger partial charge on any atom is -0.463 e. The summed E-state index contributed by atoms with van der Waals surface area (Å²) in [6.07, 6.45) is -2.58. The van der Waals surface area contributed by atoms with Crippen molar-refractivity contribution >= 4 is 17.9 Å². The Labute approximate surface area is 111 Å². The van der Waals surface area contributed by atoms with E-state index in [1.807, 2.05) is 0 Å². The Morgan fingerprint density at radius 1 is 0.947 bits per heavy atom. The van der Waals surface area contributed by atoms with E-state index in [1.165, 1.54) is 20.8 Å². The molecule has 0 saturated carbocycles. The summed E-state index contributed by atoms with van der Waals surface area (Å²) >= 11 is 0. The van der Waals surface area contributed by atoms with E-state index in [2.05, 4.69) is 0 Å². The van der Waals surface area contributed by atoms with Crippen LogP contribution in [-0.2, 0) is 33.3 Å². The van der Waals surface area contributed by atoms with Crippen LogP contribution in [-0.4, -0.2) is 48.9 Å². The summed E-state index contributed by atoms with van der Waals surface area (Å²) in [5.41, 5.74) is 0. The molecule has 0 aromatic rings. The van der Waals surface area contributed by atoms with Gasteiger partial charge in [0, 0.05) is 20.8 Å². The highest BCUT2D eigenvalue weighted by molar-refractivity contribution is 5.67. The molecule has 1 rings (SSSR count). The van der Waals surface area contributed by atoms with Gasteiger partial charge in [-0.05, 0) is 6.92 Å². The van der Waals surface area contributed by atoms with E-state index in [4.69, 9.17) is 18.9 Å². The van der Waals surface area contributed by atoms with Gasteiger partial charge in [-0.2, -0.15) is 0 Å². The highest BCUT2D eigenvalue weighted by Gasteiger charge is 2.47. The Morgan fingerprint density at radius 2 is 1.47 bits per heavy atom. The number of ether oxygens (including phenoxy) is 4. The standard InChI is InChI=1S/C12H18O7/c1-6-11(18-8(3)14)12(19-9(4)15)10(17-6)5-16-7(2)13/h6,10-12H,5H2,1-4H3/t6?,10?,11-,12+/m0/s1. The molecule has 1 aliphatic heterocycles. The largest absolute Gasteiger partial charge is 0.463 e. The van der Waals surface area contributed by atoms with Gasteiger partial charge in [-0.1, -0.05) is 0 Å². The van der Waals surface area contributed by atoms with Gasteiger partial charge < -0.3 is 18.9 Å². The third kappa shape index (κ3) is 4.51. The summed E-state index contributed by atoms with van der Waals surface area (Å²) in [5.74, 6) is -1.48. The fourth-order valence-corrected chi connectivity index (χ4v) is 1.93. The molecule has 7 nitrogen and oxygen atoms in total. The molecule has 2 unspecified atom stereocenters. The van der Waals surface area contributed by atoms with Crippen LogP contribution in [0.4, 0.5) is 0 Å². The van der Waals surface area contributed by atoms with Crippen LogP contribution in [0.1, 0.15) is 27.7 Å². The van der Waals surface area contributed by atoms with E-state index in [-0.39, 0.29) is 6.61 Å². The van der Waals surface area contributed by atoms with Gasteiger partial charge in [-0.25, -0.2) is 0 Å². The lowest BCUT2D eigenvalue weighted by molar-refractivity contribution is -0.165. The fraction of sp³-hybridized carbons (Fsp3) is 0.750. The lowest BCUT2D eigenvalue weighted by Gasteiger charge is -2.22. The molecular formula is C12H18O7. The van der Waals surface area contributed by atoms with Crippen molar-refractivity contribution in [1.29, 1.82) is 0 Å². The van der Waals surface area contributed by atoms with E-state index < -0.39 is 42.3 Å². The second-order valence-electron chi connectivity index (χ2n) is 4.33. The van der Waals surface area contributed by atoms with Crippen molar-refractivity contribution in [2.24, 2.45) is 0 Å². The highest BCUT2D eigenvalue weighted by atomic mass is 16.6. The van der Waals surface area contributed by atoms with E-state index in [1.54, 1.807) is 6.92 Å². The number of hydrogen-bond donors (Lipinski definition) is 0. The van der Waals surface area contributed by atoms with Crippen LogP contribution in [0.2, 0.25) is 0 Å². The molecule has 0 spiro atoms. The summed E-state index contributed by atoms with van der Waals surface area (Å²) in [6.45, 7) is 5.41. The molecule has 1 heterocycles. The lowest BCUT2D eigenvalue weighted by atomic mass is 10.1. The van der Waals surface area contributed by atoms with Gasteiger partial charge in [-0.15, -0.1) is 0 Å². The van der Waals surface area contributed by atoms with Gasteiger partial charge in [0.25, 0.3) is 0 Å². The second kappa shape index (κ2) is 6.51. The number of carbonyl (C=O) groups is 3. The Balaban J connectivity index is 2.76. The van der Waals surface area contributed by atoms with E-state index in [0.717, 1.165) is 0 Å². The van der Waals surface area contributed by atoms with Crippen LogP contribution in [0.25, 0.3) is 0 Å². The van der Waals surface area contributed by atoms with Crippen LogP contribution in [0.15, 0.2) is 0 Å². The van der Waals surface area contributed by atoms with E-state index >= 15 is 0 Å². The lowest BCUT2D eigenvalue weighted by Crippen LogP contribution is -2.40. The molecule has 1 fully saturated rings. The summed E-state index contributed by atoms with van der Waals surface area (Å²) < 4.78 is 20.6. The zero-order valence-corrected chi connectivity index (χ0v) is 11.4. The monoisotopic (exact) mass is 274 g/mol. The molecule has 19 heavy (non-hydrogen) atoms. The number of carbonyl (C=O) groups excluding carboxylic acids is 3. The van der Waals surface area contributed by atoms with E-state index in [9.17, 15) is 14.4 Å². The van der Waals surface area contributed by atoms with Gasteiger partial charge in [0.1, 0.15) is 12.7 Å². The van der Waals surface area contributed by atoms with Gasteiger partial charge in [0.05, 0.1) is 6.10 Å². The average molecular weight is 274 g/mol. The molecule has 0 radical (unpaired) electrons. The van der Waals surface area contributed by atoms with Gasteiger partial charge in [-0.3, -0.25) is 14.4 Å². The molecular weight excluding hydrogens is 256 g/mol. The van der Waals surface area contributed by atoms with Crippen LogP contribution in [0.5, 0.6) is 0 Å². The molecule has 1 saturated heterocycles. The Kier molecular flexibility index (Phi) is 5.29. The average Bonchev–Trinajstić information content (AvgIpc) is 2.53. The minimum absolute atomic E-state index is 0.0601. The Morgan fingerprint density at radius 3 is 1.95 bits per heavy atom. The molecule has 0 aromatic carbocycles. The summed E-state index contributed by atoms with van der Waals surface area (Å²) in [5, 5.41) is 0. The van der Waals surface area contributed by atoms with Crippen molar-refractivity contribution in [3.8, 4) is 0 Å². The third-order valence-corrected chi connectivity index (χ3v) is 2.60. The van der Waals surface area contributed by atoms with Crippen LogP contribution < -0.4 is 0 Å². The number of esters is 3. The van der Waals surface area contributed by atoms with Gasteiger partial charge in [0.15, 0.2) is 12.2 Å². The first kappa shape index (κ1) is 15.4. The first-order chi connectivity index (χ1) is 8.81. The molecule has 0 aliphatic carbocycles. The van der Waals surface area contributed by atoms with Crippen molar-refractivity contribution in [2.75, 3.05) is 6.61 Å².